The smallest absolute Gasteiger partial charge is 0.338 e. The van der Waals surface area contributed by atoms with Gasteiger partial charge in [0.1, 0.15) is 0 Å². The van der Waals surface area contributed by atoms with Crippen molar-refractivity contribution in [1.29, 1.82) is 0 Å². The molecule has 0 radical (unpaired) electrons. The zero-order valence-electron chi connectivity index (χ0n) is 17.1. The van der Waals surface area contributed by atoms with Gasteiger partial charge in [0, 0.05) is 26.2 Å². The van der Waals surface area contributed by atoms with Crippen LogP contribution in [0.5, 0.6) is 0 Å². The van der Waals surface area contributed by atoms with Crippen molar-refractivity contribution in [1.82, 2.24) is 9.21 Å². The fourth-order valence-electron chi connectivity index (χ4n) is 3.05. The third-order valence-corrected chi connectivity index (χ3v) is 7.05. The van der Waals surface area contributed by atoms with Crippen LogP contribution in [0.3, 0.4) is 0 Å². The van der Waals surface area contributed by atoms with Crippen LogP contribution in [-0.2, 0) is 19.6 Å². The Morgan fingerprint density at radius 2 is 1.68 bits per heavy atom. The number of ether oxygens (including phenoxy) is 1. The van der Waals surface area contributed by atoms with Gasteiger partial charge in [-0.3, -0.25) is 4.79 Å². The van der Waals surface area contributed by atoms with E-state index in [2.05, 4.69) is 0 Å². The van der Waals surface area contributed by atoms with Gasteiger partial charge in [0.2, 0.25) is 10.0 Å². The van der Waals surface area contributed by atoms with Crippen LogP contribution in [0.1, 0.15) is 56.8 Å². The van der Waals surface area contributed by atoms with Crippen molar-refractivity contribution in [3.05, 3.63) is 29.8 Å². The summed E-state index contributed by atoms with van der Waals surface area (Å²) in [5, 5.41) is 0. The molecule has 1 fully saturated rings. The van der Waals surface area contributed by atoms with Gasteiger partial charge in [-0.1, -0.05) is 18.9 Å². The maximum absolute atomic E-state index is 12.6. The molecule has 1 amide bonds. The Hall–Kier alpha value is -1.93. The van der Waals surface area contributed by atoms with E-state index in [1.165, 1.54) is 35.6 Å². The molecule has 156 valence electrons. The molecule has 28 heavy (non-hydrogen) atoms. The molecule has 7 nitrogen and oxygen atoms in total. The summed E-state index contributed by atoms with van der Waals surface area (Å²) in [7, 11) is -2.22. The molecule has 1 aromatic carbocycles. The Labute approximate surface area is 167 Å². The van der Waals surface area contributed by atoms with Gasteiger partial charge < -0.3 is 9.64 Å². The highest BCUT2D eigenvalue weighted by molar-refractivity contribution is 7.89. The molecule has 0 bridgehead atoms. The fraction of sp³-hybridized carbons (Fsp3) is 0.600. The van der Waals surface area contributed by atoms with Crippen molar-refractivity contribution in [2.24, 2.45) is 0 Å². The summed E-state index contributed by atoms with van der Waals surface area (Å²) >= 11 is 0. The first-order valence-electron chi connectivity index (χ1n) is 9.72. The maximum Gasteiger partial charge on any atom is 0.338 e. The molecule has 0 aromatic heterocycles. The monoisotopic (exact) mass is 410 g/mol. The molecule has 1 aliphatic rings. The highest BCUT2D eigenvalue weighted by Crippen LogP contribution is 2.19. The van der Waals surface area contributed by atoms with E-state index in [0.29, 0.717) is 13.1 Å². The second-order valence-corrected chi connectivity index (χ2v) is 9.43. The number of nitrogens with zero attached hydrogens (tertiary/aromatic N) is 2. The fourth-order valence-corrected chi connectivity index (χ4v) is 4.47. The van der Waals surface area contributed by atoms with E-state index in [1.54, 1.807) is 25.7 Å². The van der Waals surface area contributed by atoms with Crippen LogP contribution < -0.4 is 0 Å². The Morgan fingerprint density at radius 1 is 1.07 bits per heavy atom. The summed E-state index contributed by atoms with van der Waals surface area (Å²) in [5.74, 6) is -0.918. The molecule has 1 heterocycles. The summed E-state index contributed by atoms with van der Waals surface area (Å²) in [4.78, 5) is 26.8. The van der Waals surface area contributed by atoms with E-state index >= 15 is 0 Å². The van der Waals surface area contributed by atoms with E-state index in [0.717, 1.165) is 25.7 Å². The number of hydrogen-bond acceptors (Lipinski definition) is 5. The van der Waals surface area contributed by atoms with Crippen molar-refractivity contribution >= 4 is 21.9 Å². The van der Waals surface area contributed by atoms with Crippen LogP contribution in [0, 0.1) is 0 Å². The topological polar surface area (TPSA) is 84.0 Å². The Kier molecular flexibility index (Phi) is 7.60. The quantitative estimate of drug-likeness (QED) is 0.673. The number of sulfonamides is 1. The second-order valence-electron chi connectivity index (χ2n) is 7.43. The minimum absolute atomic E-state index is 0.0182. The minimum Gasteiger partial charge on any atom is -0.449 e. The molecule has 0 aliphatic carbocycles. The second kappa shape index (κ2) is 9.52. The number of esters is 1. The van der Waals surface area contributed by atoms with E-state index in [1.807, 2.05) is 0 Å². The average Bonchev–Trinajstić information content (AvgIpc) is 2.96. The lowest BCUT2D eigenvalue weighted by atomic mass is 10.2. The number of likely N-dealkylation sites (tertiary alicyclic amines) is 1. The van der Waals surface area contributed by atoms with Gasteiger partial charge in [-0.2, -0.15) is 4.31 Å². The van der Waals surface area contributed by atoms with Gasteiger partial charge in [0.15, 0.2) is 6.10 Å². The first-order valence-corrected chi connectivity index (χ1v) is 11.2. The van der Waals surface area contributed by atoms with Crippen LogP contribution in [0.15, 0.2) is 29.2 Å². The standard InChI is InChI=1S/C20H30N2O5S/c1-15(2)21(4)28(25,26)18-11-9-10-17(14-18)20(24)27-16(3)19(23)22-12-7-5-6-8-13-22/h9-11,14-16H,5-8,12-13H2,1-4H3/t16-/m1/s1. The zero-order chi connectivity index (χ0) is 20.9. The lowest BCUT2D eigenvalue weighted by Gasteiger charge is -2.24. The minimum atomic E-state index is -3.71. The Morgan fingerprint density at radius 3 is 2.25 bits per heavy atom. The first kappa shape index (κ1) is 22.4. The molecule has 0 unspecified atom stereocenters. The maximum atomic E-state index is 12.6. The Balaban J connectivity index is 2.11. The van der Waals surface area contributed by atoms with Crippen LogP contribution in [0.4, 0.5) is 0 Å². The zero-order valence-corrected chi connectivity index (χ0v) is 17.9. The van der Waals surface area contributed by atoms with Gasteiger partial charge in [-0.25, -0.2) is 13.2 Å². The molecule has 1 saturated heterocycles. The number of carbonyl (C=O) groups excluding carboxylic acids is 2. The molecule has 8 heteroatoms. The number of hydrogen-bond donors (Lipinski definition) is 0. The van der Waals surface area contributed by atoms with E-state index in [4.69, 9.17) is 4.74 Å². The van der Waals surface area contributed by atoms with E-state index < -0.39 is 22.1 Å². The number of rotatable bonds is 6. The van der Waals surface area contributed by atoms with Gasteiger partial charge in [0.05, 0.1) is 10.5 Å². The molecule has 1 aliphatic heterocycles. The molecule has 0 N–H and O–H groups in total. The van der Waals surface area contributed by atoms with Crippen molar-refractivity contribution in [3.8, 4) is 0 Å². The SMILES string of the molecule is CC(C)N(C)S(=O)(=O)c1cccc(C(=O)O[C@H](C)C(=O)N2CCCCCC2)c1. The normalized spacial score (nSPS) is 16.7. The summed E-state index contributed by atoms with van der Waals surface area (Å²) in [6, 6.07) is 5.50. The summed E-state index contributed by atoms with van der Waals surface area (Å²) in [6.07, 6.45) is 3.20. The van der Waals surface area contributed by atoms with Gasteiger partial charge in [-0.05, 0) is 51.8 Å². The van der Waals surface area contributed by atoms with Crippen molar-refractivity contribution in [2.45, 2.75) is 63.5 Å². The molecule has 0 spiro atoms. The third kappa shape index (κ3) is 5.32. The van der Waals surface area contributed by atoms with E-state index in [-0.39, 0.29) is 22.4 Å². The average molecular weight is 411 g/mol. The van der Waals surface area contributed by atoms with Crippen LogP contribution >= 0.6 is 0 Å². The van der Waals surface area contributed by atoms with Crippen LogP contribution in [-0.4, -0.2) is 61.8 Å². The molecular weight excluding hydrogens is 380 g/mol. The lowest BCUT2D eigenvalue weighted by molar-refractivity contribution is -0.139. The van der Waals surface area contributed by atoms with Crippen LogP contribution in [0.25, 0.3) is 0 Å². The van der Waals surface area contributed by atoms with Gasteiger partial charge >= 0.3 is 5.97 Å². The first-order chi connectivity index (χ1) is 13.1. The molecule has 2 rings (SSSR count). The van der Waals surface area contributed by atoms with E-state index in [9.17, 15) is 18.0 Å². The summed E-state index contributed by atoms with van der Waals surface area (Å²) in [5.41, 5.74) is 0.105. The number of benzene rings is 1. The molecule has 1 atom stereocenters. The summed E-state index contributed by atoms with van der Waals surface area (Å²) < 4.78 is 31.8. The van der Waals surface area contributed by atoms with Gasteiger partial charge in [-0.15, -0.1) is 0 Å². The largest absolute Gasteiger partial charge is 0.449 e. The van der Waals surface area contributed by atoms with Crippen molar-refractivity contribution < 1.29 is 22.7 Å². The Bertz CT molecular complexity index is 799. The van der Waals surface area contributed by atoms with Crippen molar-refractivity contribution in [3.63, 3.8) is 0 Å². The number of amides is 1. The predicted octanol–water partition coefficient (Wildman–Crippen LogP) is 2.66. The van der Waals surface area contributed by atoms with Crippen molar-refractivity contribution in [2.75, 3.05) is 20.1 Å². The third-order valence-electron chi connectivity index (χ3n) is 5.02. The lowest BCUT2D eigenvalue weighted by Crippen LogP contribution is -2.40. The molecule has 1 aromatic rings. The highest BCUT2D eigenvalue weighted by atomic mass is 32.2. The highest BCUT2D eigenvalue weighted by Gasteiger charge is 2.27. The van der Waals surface area contributed by atoms with Gasteiger partial charge in [0.25, 0.3) is 5.91 Å². The molecule has 0 saturated carbocycles. The summed E-state index contributed by atoms with van der Waals surface area (Å²) in [6.45, 7) is 6.45. The van der Waals surface area contributed by atoms with Crippen LogP contribution in [0.2, 0.25) is 0 Å². The number of carbonyl (C=O) groups is 2. The predicted molar refractivity (Wildman–Crippen MR) is 106 cm³/mol. The molecular formula is C20H30N2O5S.